The number of halogens is 1. The zero-order valence-corrected chi connectivity index (χ0v) is 18.8. The number of hydrogen-bond donors (Lipinski definition) is 1. The predicted molar refractivity (Wildman–Crippen MR) is 136 cm³/mol. The number of rotatable bonds is 14. The summed E-state index contributed by atoms with van der Waals surface area (Å²) in [5, 5.41) is 16.1. The Morgan fingerprint density at radius 1 is 0.829 bits per heavy atom. The van der Waals surface area contributed by atoms with Crippen LogP contribution in [-0.2, 0) is 22.7 Å². The summed E-state index contributed by atoms with van der Waals surface area (Å²) in [4.78, 5) is 5.09. The molecule has 0 aromatic heterocycles. The van der Waals surface area contributed by atoms with E-state index in [1.807, 2.05) is 60.7 Å². The lowest BCUT2D eigenvalue weighted by Gasteiger charge is -2.18. The first-order chi connectivity index (χ1) is 16.5. The molecular weight excluding hydrogens is 451 g/mol. The van der Waals surface area contributed by atoms with Crippen molar-refractivity contribution in [1.29, 1.82) is 0 Å². The van der Waals surface area contributed by atoms with Crippen molar-refractivity contribution in [1.82, 2.24) is 0 Å². The highest BCUT2D eigenvalue weighted by Gasteiger charge is 2.18. The molecule has 0 amide bonds. The Kier molecular flexibility index (Phi) is 17.7. The first-order valence-corrected chi connectivity index (χ1v) is 10.5. The third-order valence-electron chi connectivity index (χ3n) is 4.42. The molecule has 0 aliphatic heterocycles. The van der Waals surface area contributed by atoms with Crippen LogP contribution in [0.4, 0.5) is 4.39 Å². The van der Waals surface area contributed by atoms with Crippen molar-refractivity contribution >= 4 is 0 Å². The van der Waals surface area contributed by atoms with Gasteiger partial charge in [-0.3, -0.25) is 0 Å². The summed E-state index contributed by atoms with van der Waals surface area (Å²) >= 11 is 0. The maximum absolute atomic E-state index is 13.5. The van der Waals surface area contributed by atoms with Crippen molar-refractivity contribution in [2.75, 3.05) is 13.1 Å². The average Bonchev–Trinajstić information content (AvgIpc) is 2.88. The fourth-order valence-electron chi connectivity index (χ4n) is 2.63. The van der Waals surface area contributed by atoms with Crippen LogP contribution in [0.3, 0.4) is 0 Å². The highest BCUT2D eigenvalue weighted by atomic mass is 19.1. The molecule has 0 saturated heterocycles. The monoisotopic (exact) mass is 484 g/mol. The largest absolute Gasteiger partial charge is 0.390 e. The molecule has 0 heterocycles. The van der Waals surface area contributed by atoms with Crippen molar-refractivity contribution < 1.29 is 19.0 Å². The Labute approximate surface area is 205 Å². The molecule has 0 radical (unpaired) electrons. The molecule has 9 nitrogen and oxygen atoms in total. The van der Waals surface area contributed by atoms with Crippen LogP contribution in [-0.4, -0.2) is 42.7 Å². The fraction of sp³-hybridized carbons (Fsp3) is 0.360. The smallest absolute Gasteiger partial charge is 0.135 e. The second-order valence-corrected chi connectivity index (χ2v) is 6.90. The highest BCUT2D eigenvalue weighted by molar-refractivity contribution is 5.14. The van der Waals surface area contributed by atoms with Crippen LogP contribution in [0.25, 0.3) is 20.9 Å². The number of hydrogen-bond acceptors (Lipinski definition) is 5. The van der Waals surface area contributed by atoms with E-state index in [0.29, 0.717) is 13.2 Å². The van der Waals surface area contributed by atoms with Crippen molar-refractivity contribution in [3.63, 3.8) is 0 Å². The molecule has 10 heteroatoms. The van der Waals surface area contributed by atoms with Gasteiger partial charge in [0.05, 0.1) is 32.4 Å². The van der Waals surface area contributed by atoms with Gasteiger partial charge in [-0.15, -0.1) is 13.2 Å². The van der Waals surface area contributed by atoms with Gasteiger partial charge in [-0.1, -0.05) is 90.5 Å². The zero-order valence-electron chi connectivity index (χ0n) is 18.8. The standard InChI is InChI=1S/C12H14FN3O.C12H15N3O2.CH4/c1-2-12(11(13)8-15-16-14)17-9-10-6-4-3-5-7-10;1-2-12(11(16)8-14-15-13)17-9-10-6-4-3-5-7-10;/h2-7,11-12H,1,8-9H2;2-7,11-12,16H,1,8-9H2;1H4/t11-,12-;11-,12+;/m10./s1. The quantitative estimate of drug-likeness (QED) is 0.142. The van der Waals surface area contributed by atoms with Crippen LogP contribution >= 0.6 is 0 Å². The van der Waals surface area contributed by atoms with Crippen LogP contribution < -0.4 is 0 Å². The molecule has 2 rings (SSSR count). The van der Waals surface area contributed by atoms with E-state index in [-0.39, 0.29) is 20.5 Å². The van der Waals surface area contributed by atoms with Gasteiger partial charge in [-0.05, 0) is 22.2 Å². The van der Waals surface area contributed by atoms with E-state index in [1.165, 1.54) is 12.2 Å². The number of aliphatic hydroxyl groups excluding tert-OH is 1. The minimum absolute atomic E-state index is 0. The molecule has 0 spiro atoms. The molecule has 0 aliphatic carbocycles. The Morgan fingerprint density at radius 2 is 1.26 bits per heavy atom. The third kappa shape index (κ3) is 13.6. The molecule has 35 heavy (non-hydrogen) atoms. The van der Waals surface area contributed by atoms with E-state index < -0.39 is 24.5 Å². The molecule has 188 valence electrons. The number of benzene rings is 2. The van der Waals surface area contributed by atoms with Gasteiger partial charge in [0.15, 0.2) is 0 Å². The molecular formula is C25H33FN6O3. The van der Waals surface area contributed by atoms with E-state index in [1.54, 1.807) is 0 Å². The maximum atomic E-state index is 13.5. The van der Waals surface area contributed by atoms with Crippen molar-refractivity contribution in [2.24, 2.45) is 10.2 Å². The normalized spacial score (nSPS) is 13.1. The Morgan fingerprint density at radius 3 is 1.69 bits per heavy atom. The summed E-state index contributed by atoms with van der Waals surface area (Å²) in [6.45, 7) is 7.49. The molecule has 0 unspecified atom stereocenters. The summed E-state index contributed by atoms with van der Waals surface area (Å²) in [6, 6.07) is 19.1. The molecule has 4 atom stereocenters. The van der Waals surface area contributed by atoms with E-state index in [2.05, 4.69) is 33.2 Å². The van der Waals surface area contributed by atoms with Gasteiger partial charge in [0.1, 0.15) is 18.4 Å². The summed E-state index contributed by atoms with van der Waals surface area (Å²) in [6.07, 6.45) is -0.665. The predicted octanol–water partition coefficient (Wildman–Crippen LogP) is 6.47. The Hall–Kier alpha value is -3.65. The summed E-state index contributed by atoms with van der Waals surface area (Å²) in [5.41, 5.74) is 18.2. The number of alkyl halides is 1. The van der Waals surface area contributed by atoms with Crippen LogP contribution in [0.1, 0.15) is 18.6 Å². The lowest BCUT2D eigenvalue weighted by molar-refractivity contribution is -0.0138. The van der Waals surface area contributed by atoms with Crippen LogP contribution in [0.15, 0.2) is 96.2 Å². The van der Waals surface area contributed by atoms with E-state index in [9.17, 15) is 9.50 Å². The first-order valence-electron chi connectivity index (χ1n) is 10.5. The maximum Gasteiger partial charge on any atom is 0.135 e. The van der Waals surface area contributed by atoms with E-state index in [0.717, 1.165) is 11.1 Å². The van der Waals surface area contributed by atoms with Gasteiger partial charge in [0.25, 0.3) is 0 Å². The zero-order chi connectivity index (χ0) is 25.0. The number of nitrogens with zero attached hydrogens (tertiary/aromatic N) is 6. The van der Waals surface area contributed by atoms with E-state index in [4.69, 9.17) is 20.5 Å². The Balaban J connectivity index is 0.000000642. The summed E-state index contributed by atoms with van der Waals surface area (Å²) in [7, 11) is 0. The highest BCUT2D eigenvalue weighted by Crippen LogP contribution is 2.10. The molecule has 0 bridgehead atoms. The molecule has 1 N–H and O–H groups in total. The Bertz CT molecular complexity index is 857. The number of azide groups is 2. The lowest BCUT2D eigenvalue weighted by Crippen LogP contribution is -2.29. The molecule has 0 fully saturated rings. The van der Waals surface area contributed by atoms with Crippen molar-refractivity contribution in [2.45, 2.75) is 45.1 Å². The minimum atomic E-state index is -1.37. The van der Waals surface area contributed by atoms with Gasteiger partial charge in [0, 0.05) is 9.82 Å². The van der Waals surface area contributed by atoms with Gasteiger partial charge in [-0.2, -0.15) is 0 Å². The van der Waals surface area contributed by atoms with Crippen LogP contribution in [0.5, 0.6) is 0 Å². The second-order valence-electron chi connectivity index (χ2n) is 6.90. The SMILES string of the molecule is C.C=C[C@@H](OCc1ccccc1)[C@@H](O)CN=[N+]=[N-].C=C[C@@H](OCc1ccccc1)[C@H](F)CN=[N+]=[N-]. The number of aliphatic hydroxyl groups is 1. The second kappa shape index (κ2) is 19.8. The van der Waals surface area contributed by atoms with Gasteiger partial charge >= 0.3 is 0 Å². The molecule has 0 saturated carbocycles. The summed E-state index contributed by atoms with van der Waals surface area (Å²) in [5.74, 6) is 0. The topological polar surface area (TPSA) is 136 Å². The van der Waals surface area contributed by atoms with Crippen molar-refractivity contribution in [3.8, 4) is 0 Å². The van der Waals surface area contributed by atoms with Crippen molar-refractivity contribution in [3.05, 3.63) is 118 Å². The molecule has 0 aliphatic rings. The van der Waals surface area contributed by atoms with Gasteiger partial charge in [0.2, 0.25) is 0 Å². The lowest BCUT2D eigenvalue weighted by atomic mass is 10.2. The number of ether oxygens (including phenoxy) is 2. The first kappa shape index (κ1) is 31.4. The molecule has 2 aromatic carbocycles. The van der Waals surface area contributed by atoms with E-state index >= 15 is 0 Å². The summed E-state index contributed by atoms with van der Waals surface area (Å²) < 4.78 is 24.3. The minimum Gasteiger partial charge on any atom is -0.390 e. The van der Waals surface area contributed by atoms with Crippen LogP contribution in [0.2, 0.25) is 0 Å². The fourth-order valence-corrected chi connectivity index (χ4v) is 2.63. The van der Waals surface area contributed by atoms with Gasteiger partial charge in [-0.25, -0.2) is 4.39 Å². The van der Waals surface area contributed by atoms with Crippen LogP contribution in [0, 0.1) is 0 Å². The third-order valence-corrected chi connectivity index (χ3v) is 4.42. The molecule has 2 aromatic rings. The van der Waals surface area contributed by atoms with Gasteiger partial charge < -0.3 is 14.6 Å². The average molecular weight is 485 g/mol.